The second-order valence-electron chi connectivity index (χ2n) is 6.28. The monoisotopic (exact) mass is 465 g/mol. The zero-order valence-electron chi connectivity index (χ0n) is 16.3. The number of methoxy groups -OCH3 is 1. The van der Waals surface area contributed by atoms with Crippen LogP contribution in [0.15, 0.2) is 60.8 Å². The Bertz CT molecular complexity index is 1080. The second kappa shape index (κ2) is 10.4. The first-order valence-electron chi connectivity index (χ1n) is 9.06. The van der Waals surface area contributed by atoms with Crippen LogP contribution < -0.4 is 14.6 Å². The van der Waals surface area contributed by atoms with Crippen molar-refractivity contribution in [2.75, 3.05) is 7.11 Å². The van der Waals surface area contributed by atoms with Crippen LogP contribution in [0.2, 0.25) is 0 Å². The fraction of sp³-hybridized carbons (Fsp3) is 0.136. The Balaban J connectivity index is 1.61. The summed E-state index contributed by atoms with van der Waals surface area (Å²) in [6, 6.07) is 18.0. The summed E-state index contributed by atoms with van der Waals surface area (Å²) in [6.07, 6.45) is 1.57. The molecule has 0 aliphatic heterocycles. The normalized spacial score (nSPS) is 10.7. The zero-order valence-corrected chi connectivity index (χ0v) is 18.4. The van der Waals surface area contributed by atoms with Crippen molar-refractivity contribution in [3.63, 3.8) is 0 Å². The Morgan fingerprint density at radius 2 is 2.07 bits per heavy atom. The van der Waals surface area contributed by atoms with Gasteiger partial charge < -0.3 is 0 Å². The Kier molecular flexibility index (Phi) is 7.44. The fourth-order valence-corrected chi connectivity index (χ4v) is 5.32. The summed E-state index contributed by atoms with van der Waals surface area (Å²) in [4.78, 5) is 21.8. The molecule has 1 aromatic heterocycles. The van der Waals surface area contributed by atoms with E-state index in [4.69, 9.17) is 14.8 Å². The molecule has 2 N–H and O–H groups in total. The Labute approximate surface area is 180 Å². The van der Waals surface area contributed by atoms with Crippen molar-refractivity contribution in [2.24, 2.45) is 0 Å². The molecule has 0 spiro atoms. The number of hydroxylamine groups is 1. The van der Waals surface area contributed by atoms with Crippen molar-refractivity contribution in [1.29, 1.82) is 5.26 Å². The van der Waals surface area contributed by atoms with E-state index in [1.54, 1.807) is 36.5 Å². The quantitative estimate of drug-likeness (QED) is 0.389. The molecule has 1 amide bonds. The summed E-state index contributed by atoms with van der Waals surface area (Å²) < 4.78 is 6.26. The second-order valence-corrected chi connectivity index (χ2v) is 8.89. The number of nitrogens with zero attached hydrogens (tertiary/aromatic N) is 2. The zero-order chi connectivity index (χ0) is 21.3. The molecular formula is C22H20AsN3O4. The number of ether oxygens (including phenoxy) is 1. The third-order valence-electron chi connectivity index (χ3n) is 4.27. The number of aromatic hydroxyl groups is 1. The van der Waals surface area contributed by atoms with Gasteiger partial charge in [0.15, 0.2) is 0 Å². The molecule has 152 valence electrons. The third-order valence-corrected chi connectivity index (χ3v) is 7.21. The van der Waals surface area contributed by atoms with Crippen LogP contribution in [0.3, 0.4) is 0 Å². The van der Waals surface area contributed by atoms with E-state index >= 15 is 0 Å². The molecule has 0 saturated carbocycles. The summed E-state index contributed by atoms with van der Waals surface area (Å²) in [5.41, 5.74) is 5.25. The summed E-state index contributed by atoms with van der Waals surface area (Å²) in [5, 5.41) is 19.3. The summed E-state index contributed by atoms with van der Waals surface area (Å²) in [5.74, 6) is 0.201. The molecule has 1 atom stereocenters. The average molecular weight is 465 g/mol. The number of amides is 1. The molecule has 3 rings (SSSR count). The van der Waals surface area contributed by atoms with Gasteiger partial charge in [-0.25, -0.2) is 0 Å². The van der Waals surface area contributed by atoms with Crippen LogP contribution in [0.5, 0.6) is 11.6 Å². The van der Waals surface area contributed by atoms with E-state index in [1.807, 2.05) is 24.3 Å². The van der Waals surface area contributed by atoms with Gasteiger partial charge in [0.05, 0.1) is 0 Å². The number of hydrogen-bond acceptors (Lipinski definition) is 6. The first-order valence-corrected chi connectivity index (χ1v) is 11.6. The number of nitriles is 1. The molecule has 8 heteroatoms. The molecule has 7 nitrogen and oxygen atoms in total. The molecule has 30 heavy (non-hydrogen) atoms. The maximum absolute atomic E-state index is 12.6. The van der Waals surface area contributed by atoms with E-state index in [2.05, 4.69) is 16.5 Å². The van der Waals surface area contributed by atoms with Crippen molar-refractivity contribution in [3.05, 3.63) is 83.0 Å². The summed E-state index contributed by atoms with van der Waals surface area (Å²) >= 11 is -0.653. The number of benzene rings is 2. The number of nitrogens with one attached hydrogen (secondary N) is 1. The summed E-state index contributed by atoms with van der Waals surface area (Å²) in [7, 11) is 1.52. The van der Waals surface area contributed by atoms with Gasteiger partial charge in [-0.15, -0.1) is 0 Å². The van der Waals surface area contributed by atoms with Gasteiger partial charge in [-0.2, -0.15) is 0 Å². The molecule has 1 unspecified atom stereocenters. The molecule has 0 fully saturated rings. The number of aromatic nitrogens is 1. The predicted molar refractivity (Wildman–Crippen MR) is 113 cm³/mol. The van der Waals surface area contributed by atoms with Crippen molar-refractivity contribution < 1.29 is 19.5 Å². The number of pyridine rings is 1. The Hall–Kier alpha value is -3.33. The molecule has 1 heterocycles. The van der Waals surface area contributed by atoms with Crippen molar-refractivity contribution in [1.82, 2.24) is 10.5 Å². The van der Waals surface area contributed by atoms with E-state index in [0.29, 0.717) is 16.9 Å². The topological polar surface area (TPSA) is 104 Å². The SMILES string of the molecule is COc1cc(C#N)ccc1CONC(=O)c1ccccc1[AsH]Cc1ccnc(O)c1. The number of carbonyl (C=O) groups excluding carboxylic acids is 1. The van der Waals surface area contributed by atoms with Gasteiger partial charge in [-0.05, 0) is 0 Å². The van der Waals surface area contributed by atoms with Gasteiger partial charge in [0.25, 0.3) is 0 Å². The molecule has 2 aromatic carbocycles. The van der Waals surface area contributed by atoms with Crippen LogP contribution in [-0.2, 0) is 16.7 Å². The fourth-order valence-electron chi connectivity index (χ4n) is 2.77. The number of carbonyl (C=O) groups is 1. The van der Waals surface area contributed by atoms with E-state index in [-0.39, 0.29) is 18.4 Å². The number of hydrogen-bond donors (Lipinski definition) is 2. The van der Waals surface area contributed by atoms with E-state index in [1.165, 1.54) is 7.11 Å². The standard InChI is InChI=1S/C22H20AsN3O4/c1-29-20-10-16(13-24)6-7-17(20)14-30-26-22(28)18-4-2-3-5-19(18)23-12-15-8-9-25-21(27)11-15/h2-11,23H,12,14H2,1H3,(H,25,27)(H,26,28). The van der Waals surface area contributed by atoms with Crippen molar-refractivity contribution in [3.8, 4) is 17.7 Å². The minimum absolute atomic E-state index is 0.00300. The van der Waals surface area contributed by atoms with Crippen LogP contribution in [0.25, 0.3) is 0 Å². The van der Waals surface area contributed by atoms with Gasteiger partial charge in [0.1, 0.15) is 0 Å². The molecule has 0 saturated heterocycles. The van der Waals surface area contributed by atoms with E-state index in [9.17, 15) is 9.90 Å². The van der Waals surface area contributed by atoms with Gasteiger partial charge in [0.2, 0.25) is 0 Å². The maximum atomic E-state index is 12.6. The predicted octanol–water partition coefficient (Wildman–Crippen LogP) is 1.79. The molecule has 3 aromatic rings. The Morgan fingerprint density at radius 1 is 1.23 bits per heavy atom. The third kappa shape index (κ3) is 5.60. The van der Waals surface area contributed by atoms with Crippen LogP contribution in [0, 0.1) is 11.3 Å². The van der Waals surface area contributed by atoms with Crippen LogP contribution in [0.1, 0.15) is 27.0 Å². The van der Waals surface area contributed by atoms with E-state index in [0.717, 1.165) is 20.7 Å². The molecule has 0 bridgehead atoms. The minimum atomic E-state index is -0.653. The van der Waals surface area contributed by atoms with Gasteiger partial charge in [-0.3, -0.25) is 0 Å². The Morgan fingerprint density at radius 3 is 2.83 bits per heavy atom. The first kappa shape index (κ1) is 21.4. The van der Waals surface area contributed by atoms with E-state index < -0.39 is 15.8 Å². The van der Waals surface area contributed by atoms with Gasteiger partial charge in [-0.1, -0.05) is 0 Å². The number of rotatable bonds is 8. The molecule has 0 aliphatic rings. The van der Waals surface area contributed by atoms with Crippen molar-refractivity contribution >= 4 is 26.0 Å². The van der Waals surface area contributed by atoms with Crippen LogP contribution in [0.4, 0.5) is 0 Å². The first-order chi connectivity index (χ1) is 14.6. The van der Waals surface area contributed by atoms with Crippen molar-refractivity contribution in [2.45, 2.75) is 11.8 Å². The molecular weight excluding hydrogens is 445 g/mol. The summed E-state index contributed by atoms with van der Waals surface area (Å²) in [6.45, 7) is 0.107. The average Bonchev–Trinajstić information content (AvgIpc) is 2.78. The molecule has 0 radical (unpaired) electrons. The van der Waals surface area contributed by atoms with Crippen LogP contribution in [-0.4, -0.2) is 38.9 Å². The molecule has 0 aliphatic carbocycles. The van der Waals surface area contributed by atoms with Gasteiger partial charge in [0, 0.05) is 0 Å². The van der Waals surface area contributed by atoms with Crippen LogP contribution >= 0.6 is 0 Å². The van der Waals surface area contributed by atoms with Gasteiger partial charge >= 0.3 is 181 Å².